The molecule has 0 unspecified atom stereocenters. The quantitative estimate of drug-likeness (QED) is 0.662. The van der Waals surface area contributed by atoms with Crippen molar-refractivity contribution in [3.8, 4) is 0 Å². The standard InChI is InChI=1S/C11H9FN4OS/c1-7-10(17)16(11(18)15-14-7)13-6-8-3-2-4-9(12)5-8/h2-6H,1H3,(H,15,18)/b13-6-. The Bertz CT molecular complexity index is 719. The number of benzene rings is 1. The van der Waals surface area contributed by atoms with Gasteiger partial charge in [-0.05, 0) is 36.8 Å². The minimum absolute atomic E-state index is 0.0817. The third-order valence-corrected chi connectivity index (χ3v) is 2.45. The van der Waals surface area contributed by atoms with Gasteiger partial charge in [0, 0.05) is 0 Å². The van der Waals surface area contributed by atoms with Crippen LogP contribution in [0.3, 0.4) is 0 Å². The van der Waals surface area contributed by atoms with Gasteiger partial charge in [0.1, 0.15) is 11.5 Å². The average Bonchev–Trinajstić information content (AvgIpc) is 2.34. The molecule has 1 N–H and O–H groups in total. The summed E-state index contributed by atoms with van der Waals surface area (Å²) in [5.41, 5.74) is 0.372. The Labute approximate surface area is 107 Å². The molecule has 0 aliphatic heterocycles. The summed E-state index contributed by atoms with van der Waals surface area (Å²) >= 11 is 4.90. The number of aryl methyl sites for hydroxylation is 1. The molecule has 0 aliphatic rings. The minimum Gasteiger partial charge on any atom is -0.265 e. The molecule has 1 heterocycles. The molecule has 0 bridgehead atoms. The van der Waals surface area contributed by atoms with Crippen LogP contribution in [0, 0.1) is 17.5 Å². The summed E-state index contributed by atoms with van der Waals surface area (Å²) in [7, 11) is 0. The molecule has 92 valence electrons. The molecule has 0 saturated heterocycles. The number of halogens is 1. The fourth-order valence-electron chi connectivity index (χ4n) is 1.29. The molecule has 2 aromatic rings. The highest BCUT2D eigenvalue weighted by Gasteiger charge is 2.00. The van der Waals surface area contributed by atoms with Gasteiger partial charge < -0.3 is 0 Å². The summed E-state index contributed by atoms with van der Waals surface area (Å²) in [4.78, 5) is 11.7. The molecule has 0 spiro atoms. The van der Waals surface area contributed by atoms with Crippen LogP contribution in [0.5, 0.6) is 0 Å². The zero-order valence-electron chi connectivity index (χ0n) is 9.42. The second-order valence-corrected chi connectivity index (χ2v) is 3.92. The molecule has 1 aromatic heterocycles. The van der Waals surface area contributed by atoms with E-state index >= 15 is 0 Å². The Morgan fingerprint density at radius 1 is 1.56 bits per heavy atom. The molecule has 0 atom stereocenters. The van der Waals surface area contributed by atoms with E-state index in [2.05, 4.69) is 15.3 Å². The fraction of sp³-hybridized carbons (Fsp3) is 0.0909. The lowest BCUT2D eigenvalue weighted by atomic mass is 10.2. The first-order valence-corrected chi connectivity index (χ1v) is 5.47. The van der Waals surface area contributed by atoms with Crippen LogP contribution in [0.2, 0.25) is 0 Å². The Balaban J connectivity index is 2.44. The maximum Gasteiger partial charge on any atom is 0.296 e. The van der Waals surface area contributed by atoms with E-state index in [1.807, 2.05) is 0 Å². The van der Waals surface area contributed by atoms with Gasteiger partial charge in [0.15, 0.2) is 0 Å². The van der Waals surface area contributed by atoms with Crippen LogP contribution in [0.1, 0.15) is 11.3 Å². The molecule has 2 rings (SSSR count). The van der Waals surface area contributed by atoms with Crippen molar-refractivity contribution in [1.29, 1.82) is 0 Å². The van der Waals surface area contributed by atoms with Gasteiger partial charge >= 0.3 is 0 Å². The Kier molecular flexibility index (Phi) is 3.42. The molecule has 0 radical (unpaired) electrons. The number of nitrogens with one attached hydrogen (secondary N) is 1. The summed E-state index contributed by atoms with van der Waals surface area (Å²) in [6.07, 6.45) is 1.35. The fourth-order valence-corrected chi connectivity index (χ4v) is 1.46. The number of aromatic nitrogens is 3. The lowest BCUT2D eigenvalue weighted by Gasteiger charge is -1.99. The molecular formula is C11H9FN4OS. The number of rotatable bonds is 2. The molecule has 5 nitrogen and oxygen atoms in total. The zero-order chi connectivity index (χ0) is 13.1. The van der Waals surface area contributed by atoms with Gasteiger partial charge in [0.25, 0.3) is 5.56 Å². The van der Waals surface area contributed by atoms with Crippen molar-refractivity contribution < 1.29 is 4.39 Å². The highest BCUT2D eigenvalue weighted by molar-refractivity contribution is 7.71. The van der Waals surface area contributed by atoms with Gasteiger partial charge in [-0.2, -0.15) is 14.9 Å². The minimum atomic E-state index is -0.411. The van der Waals surface area contributed by atoms with Crippen molar-refractivity contribution in [1.82, 2.24) is 14.9 Å². The first-order valence-electron chi connectivity index (χ1n) is 5.06. The van der Waals surface area contributed by atoms with Crippen molar-refractivity contribution in [3.05, 3.63) is 56.5 Å². The molecule has 0 saturated carbocycles. The molecule has 0 aliphatic carbocycles. The van der Waals surface area contributed by atoms with Gasteiger partial charge in [0.2, 0.25) is 4.77 Å². The topological polar surface area (TPSA) is 63.0 Å². The smallest absolute Gasteiger partial charge is 0.265 e. The maximum absolute atomic E-state index is 12.9. The Hall–Kier alpha value is -2.15. The predicted octanol–water partition coefficient (Wildman–Crippen LogP) is 1.63. The van der Waals surface area contributed by atoms with Crippen LogP contribution >= 0.6 is 12.2 Å². The third-order valence-electron chi connectivity index (χ3n) is 2.18. The van der Waals surface area contributed by atoms with Crippen molar-refractivity contribution in [2.45, 2.75) is 6.92 Å². The van der Waals surface area contributed by atoms with Gasteiger partial charge in [-0.25, -0.2) is 4.39 Å². The van der Waals surface area contributed by atoms with Crippen molar-refractivity contribution in [2.75, 3.05) is 0 Å². The first kappa shape index (κ1) is 12.3. The van der Waals surface area contributed by atoms with E-state index in [0.717, 1.165) is 4.68 Å². The first-order chi connectivity index (χ1) is 8.58. The number of hydrogen-bond donors (Lipinski definition) is 1. The summed E-state index contributed by atoms with van der Waals surface area (Å²) < 4.78 is 14.0. The average molecular weight is 264 g/mol. The van der Waals surface area contributed by atoms with Crippen LogP contribution in [0.15, 0.2) is 34.2 Å². The van der Waals surface area contributed by atoms with Crippen molar-refractivity contribution >= 4 is 18.4 Å². The van der Waals surface area contributed by atoms with E-state index < -0.39 is 5.56 Å². The van der Waals surface area contributed by atoms with Gasteiger partial charge in [-0.3, -0.25) is 9.89 Å². The van der Waals surface area contributed by atoms with E-state index in [-0.39, 0.29) is 16.3 Å². The Morgan fingerprint density at radius 2 is 2.33 bits per heavy atom. The largest absolute Gasteiger partial charge is 0.296 e. The normalized spacial score (nSPS) is 11.0. The summed E-state index contributed by atoms with van der Waals surface area (Å²) in [6.45, 7) is 1.54. The second kappa shape index (κ2) is 5.01. The lowest BCUT2D eigenvalue weighted by Crippen LogP contribution is -2.22. The molecule has 18 heavy (non-hydrogen) atoms. The van der Waals surface area contributed by atoms with Crippen molar-refractivity contribution in [2.24, 2.45) is 5.10 Å². The van der Waals surface area contributed by atoms with Gasteiger partial charge in [0.05, 0.1) is 6.21 Å². The van der Waals surface area contributed by atoms with E-state index in [9.17, 15) is 9.18 Å². The van der Waals surface area contributed by atoms with E-state index in [0.29, 0.717) is 5.56 Å². The molecule has 0 fully saturated rings. The van der Waals surface area contributed by atoms with Crippen molar-refractivity contribution in [3.63, 3.8) is 0 Å². The highest BCUT2D eigenvalue weighted by Crippen LogP contribution is 2.00. The van der Waals surface area contributed by atoms with Crippen LogP contribution in [0.25, 0.3) is 0 Å². The number of nitrogens with zero attached hydrogens (tertiary/aromatic N) is 3. The number of aromatic amines is 1. The Morgan fingerprint density at radius 3 is 3.06 bits per heavy atom. The third kappa shape index (κ3) is 2.57. The monoisotopic (exact) mass is 264 g/mol. The summed E-state index contributed by atoms with van der Waals surface area (Å²) in [5, 5.41) is 10.1. The summed E-state index contributed by atoms with van der Waals surface area (Å²) in [6, 6.07) is 5.85. The highest BCUT2D eigenvalue weighted by atomic mass is 32.1. The molecule has 1 aromatic carbocycles. The molecule has 7 heteroatoms. The van der Waals surface area contributed by atoms with E-state index in [1.165, 1.54) is 18.3 Å². The number of H-pyrrole nitrogens is 1. The predicted molar refractivity (Wildman–Crippen MR) is 67.8 cm³/mol. The zero-order valence-corrected chi connectivity index (χ0v) is 10.2. The second-order valence-electron chi connectivity index (χ2n) is 3.53. The SMILES string of the molecule is Cc1n[nH]c(=S)n(/N=C\c2cccc(F)c2)c1=O. The van der Waals surface area contributed by atoms with E-state index in [1.54, 1.807) is 19.1 Å². The summed E-state index contributed by atoms with van der Waals surface area (Å²) in [5.74, 6) is -0.373. The van der Waals surface area contributed by atoms with Crippen LogP contribution in [0.4, 0.5) is 4.39 Å². The maximum atomic E-state index is 12.9. The number of hydrogen-bond acceptors (Lipinski definition) is 4. The van der Waals surface area contributed by atoms with Crippen LogP contribution in [-0.4, -0.2) is 21.1 Å². The lowest BCUT2D eigenvalue weighted by molar-refractivity contribution is 0.627. The van der Waals surface area contributed by atoms with E-state index in [4.69, 9.17) is 12.2 Å². The molecular weight excluding hydrogens is 255 g/mol. The van der Waals surface area contributed by atoms with Gasteiger partial charge in [-0.15, -0.1) is 0 Å². The van der Waals surface area contributed by atoms with Gasteiger partial charge in [-0.1, -0.05) is 12.1 Å². The van der Waals surface area contributed by atoms with Crippen LogP contribution in [-0.2, 0) is 0 Å². The van der Waals surface area contributed by atoms with Crippen LogP contribution < -0.4 is 5.56 Å². The molecule has 0 amide bonds.